The first-order chi connectivity index (χ1) is 15.1. The Morgan fingerprint density at radius 3 is 2.81 bits per heavy atom. The summed E-state index contributed by atoms with van der Waals surface area (Å²) in [6.07, 6.45) is 3.02. The highest BCUT2D eigenvalue weighted by atomic mass is 19.3. The van der Waals surface area contributed by atoms with Crippen LogP contribution >= 0.6 is 0 Å². The molecule has 172 valence electrons. The summed E-state index contributed by atoms with van der Waals surface area (Å²) in [5, 5.41) is 11.4. The Bertz CT molecular complexity index is 1010. The van der Waals surface area contributed by atoms with Crippen molar-refractivity contribution in [1.29, 1.82) is 0 Å². The summed E-state index contributed by atoms with van der Waals surface area (Å²) < 4.78 is 31.2. The minimum atomic E-state index is -2.96. The Labute approximate surface area is 184 Å². The van der Waals surface area contributed by atoms with Gasteiger partial charge in [0.25, 0.3) is 11.8 Å². The molecule has 2 aromatic heterocycles. The monoisotopic (exact) mass is 448 g/mol. The Kier molecular flexibility index (Phi) is 7.02. The normalized spacial score (nSPS) is 14.3. The Morgan fingerprint density at radius 2 is 2.16 bits per heavy atom. The van der Waals surface area contributed by atoms with Crippen molar-refractivity contribution in [3.63, 3.8) is 0 Å². The lowest BCUT2D eigenvalue weighted by Crippen LogP contribution is -2.29. The number of nitrogens with one attached hydrogen (secondary N) is 1. The van der Waals surface area contributed by atoms with Gasteiger partial charge in [0.1, 0.15) is 0 Å². The Morgan fingerprint density at radius 1 is 1.41 bits per heavy atom. The van der Waals surface area contributed by atoms with E-state index in [1.54, 1.807) is 24.0 Å². The minimum absolute atomic E-state index is 0.00738. The zero-order valence-electron chi connectivity index (χ0n) is 18.2. The maximum absolute atomic E-state index is 13.1. The van der Waals surface area contributed by atoms with Crippen molar-refractivity contribution in [3.8, 4) is 5.88 Å². The van der Waals surface area contributed by atoms with Crippen molar-refractivity contribution in [3.05, 3.63) is 52.5 Å². The van der Waals surface area contributed by atoms with Crippen LogP contribution in [0.5, 0.6) is 5.88 Å². The number of ether oxygens (including phenoxy) is 1. The molecule has 8 nitrogen and oxygen atoms in total. The summed E-state index contributed by atoms with van der Waals surface area (Å²) in [5.41, 5.74) is 3.02. The molecule has 0 bridgehead atoms. The van der Waals surface area contributed by atoms with Crippen molar-refractivity contribution in [2.24, 2.45) is 0 Å². The van der Waals surface area contributed by atoms with Crippen molar-refractivity contribution >= 4 is 11.8 Å². The molecule has 0 radical (unpaired) electrons. The SMILES string of the molecule is Cc1cc(C(C)N2Cc3c(ccnc3CC(=O)NCCO)C2=O)cnc1OCC(C)(F)F. The number of rotatable bonds is 9. The smallest absolute Gasteiger partial charge is 0.278 e. The second-order valence-electron chi connectivity index (χ2n) is 7.89. The molecule has 32 heavy (non-hydrogen) atoms. The molecular formula is C22H26F2N4O4. The number of hydrogen-bond acceptors (Lipinski definition) is 6. The van der Waals surface area contributed by atoms with Crippen LogP contribution in [0.25, 0.3) is 0 Å². The maximum Gasteiger partial charge on any atom is 0.278 e. The van der Waals surface area contributed by atoms with Crippen LogP contribution in [0, 0.1) is 6.92 Å². The van der Waals surface area contributed by atoms with Gasteiger partial charge in [0.15, 0.2) is 6.61 Å². The van der Waals surface area contributed by atoms with E-state index in [0.29, 0.717) is 22.4 Å². The number of alkyl halides is 2. The van der Waals surface area contributed by atoms with Gasteiger partial charge >= 0.3 is 0 Å². The molecule has 3 rings (SSSR count). The first-order valence-electron chi connectivity index (χ1n) is 10.2. The fourth-order valence-corrected chi connectivity index (χ4v) is 3.52. The van der Waals surface area contributed by atoms with Gasteiger partial charge in [0, 0.05) is 49.1 Å². The third-order valence-electron chi connectivity index (χ3n) is 5.19. The standard InChI is InChI=1S/C22H26F2N4O4/c1-13-8-15(10-27-20(13)32-12-22(3,23)24)14(2)28-11-17-16(21(28)31)4-5-25-18(17)9-19(30)26-6-7-29/h4-5,8,10,14,29H,6-7,9,11-12H2,1-3H3,(H,26,30). The van der Waals surface area contributed by atoms with Gasteiger partial charge in [0.2, 0.25) is 11.8 Å². The first-order valence-corrected chi connectivity index (χ1v) is 10.2. The lowest BCUT2D eigenvalue weighted by molar-refractivity contribution is -0.120. The van der Waals surface area contributed by atoms with E-state index >= 15 is 0 Å². The van der Waals surface area contributed by atoms with E-state index < -0.39 is 12.5 Å². The van der Waals surface area contributed by atoms with E-state index in [9.17, 15) is 18.4 Å². The minimum Gasteiger partial charge on any atom is -0.471 e. The number of aryl methyl sites for hydroxylation is 1. The molecular weight excluding hydrogens is 422 g/mol. The van der Waals surface area contributed by atoms with Gasteiger partial charge < -0.3 is 20.1 Å². The van der Waals surface area contributed by atoms with E-state index in [0.717, 1.165) is 12.5 Å². The summed E-state index contributed by atoms with van der Waals surface area (Å²) in [6, 6.07) is 3.04. The number of aliphatic hydroxyl groups is 1. The summed E-state index contributed by atoms with van der Waals surface area (Å²) in [5.74, 6) is -3.31. The van der Waals surface area contributed by atoms with Crippen LogP contribution in [0.4, 0.5) is 8.78 Å². The van der Waals surface area contributed by atoms with Crippen LogP contribution in [-0.2, 0) is 17.8 Å². The number of fused-ring (bicyclic) bond motifs is 1. The maximum atomic E-state index is 13.1. The Hall–Kier alpha value is -3.14. The van der Waals surface area contributed by atoms with Crippen LogP contribution in [0.15, 0.2) is 24.5 Å². The van der Waals surface area contributed by atoms with Crippen LogP contribution < -0.4 is 10.1 Å². The van der Waals surface area contributed by atoms with Gasteiger partial charge in [-0.2, -0.15) is 0 Å². The number of hydrogen-bond donors (Lipinski definition) is 2. The molecule has 0 saturated carbocycles. The third-order valence-corrected chi connectivity index (χ3v) is 5.19. The molecule has 0 saturated heterocycles. The van der Waals surface area contributed by atoms with Crippen LogP contribution in [0.3, 0.4) is 0 Å². The molecule has 0 aliphatic carbocycles. The largest absolute Gasteiger partial charge is 0.471 e. The molecule has 2 amide bonds. The quantitative estimate of drug-likeness (QED) is 0.609. The van der Waals surface area contributed by atoms with Crippen LogP contribution in [0.2, 0.25) is 0 Å². The van der Waals surface area contributed by atoms with Gasteiger partial charge in [-0.3, -0.25) is 14.6 Å². The van der Waals surface area contributed by atoms with Crippen LogP contribution in [-0.4, -0.2) is 57.5 Å². The van der Waals surface area contributed by atoms with Crippen LogP contribution in [0.1, 0.15) is 52.6 Å². The number of aliphatic hydroxyl groups excluding tert-OH is 1. The summed E-state index contributed by atoms with van der Waals surface area (Å²) in [6.45, 7) is 3.84. The molecule has 1 aliphatic heterocycles. The fraction of sp³-hybridized carbons (Fsp3) is 0.455. The van der Waals surface area contributed by atoms with Crippen molar-refractivity contribution in [2.45, 2.75) is 45.7 Å². The number of pyridine rings is 2. The Balaban J connectivity index is 1.76. The number of carbonyl (C=O) groups is 2. The lowest BCUT2D eigenvalue weighted by Gasteiger charge is -2.25. The summed E-state index contributed by atoms with van der Waals surface area (Å²) >= 11 is 0. The summed E-state index contributed by atoms with van der Waals surface area (Å²) in [4.78, 5) is 35.1. The highest BCUT2D eigenvalue weighted by Crippen LogP contribution is 2.33. The molecule has 2 N–H and O–H groups in total. The highest BCUT2D eigenvalue weighted by molar-refractivity contribution is 5.99. The van der Waals surface area contributed by atoms with E-state index in [-0.39, 0.29) is 49.9 Å². The number of halogens is 2. The van der Waals surface area contributed by atoms with Gasteiger partial charge in [-0.1, -0.05) is 0 Å². The molecule has 0 aromatic carbocycles. The number of carbonyl (C=O) groups excluding carboxylic acids is 2. The number of nitrogens with zero attached hydrogens (tertiary/aromatic N) is 3. The molecule has 3 heterocycles. The van der Waals surface area contributed by atoms with E-state index in [2.05, 4.69) is 15.3 Å². The van der Waals surface area contributed by atoms with Gasteiger partial charge in [-0.15, -0.1) is 0 Å². The molecule has 1 aliphatic rings. The zero-order valence-corrected chi connectivity index (χ0v) is 18.2. The van der Waals surface area contributed by atoms with E-state index in [1.165, 1.54) is 12.4 Å². The average Bonchev–Trinajstić information content (AvgIpc) is 3.08. The summed E-state index contributed by atoms with van der Waals surface area (Å²) in [7, 11) is 0. The van der Waals surface area contributed by atoms with Gasteiger partial charge in [-0.05, 0) is 31.5 Å². The second-order valence-corrected chi connectivity index (χ2v) is 7.89. The topological polar surface area (TPSA) is 105 Å². The predicted octanol–water partition coefficient (Wildman–Crippen LogP) is 2.19. The van der Waals surface area contributed by atoms with Crippen molar-refractivity contribution < 1.29 is 28.2 Å². The molecule has 2 aromatic rings. The third kappa shape index (κ3) is 5.37. The van der Waals surface area contributed by atoms with Gasteiger partial charge in [-0.25, -0.2) is 13.8 Å². The zero-order chi connectivity index (χ0) is 23.5. The average molecular weight is 448 g/mol. The molecule has 1 atom stereocenters. The number of aromatic nitrogens is 2. The molecule has 1 unspecified atom stereocenters. The van der Waals surface area contributed by atoms with Gasteiger partial charge in [0.05, 0.1) is 24.8 Å². The number of amides is 2. The predicted molar refractivity (Wildman–Crippen MR) is 111 cm³/mol. The highest BCUT2D eigenvalue weighted by Gasteiger charge is 2.34. The fourth-order valence-electron chi connectivity index (χ4n) is 3.52. The molecule has 10 heteroatoms. The molecule has 0 fully saturated rings. The van der Waals surface area contributed by atoms with E-state index in [1.807, 2.05) is 6.92 Å². The first kappa shape index (κ1) is 23.5. The second kappa shape index (κ2) is 9.56. The van der Waals surface area contributed by atoms with Crippen molar-refractivity contribution in [1.82, 2.24) is 20.2 Å². The van der Waals surface area contributed by atoms with E-state index in [4.69, 9.17) is 9.84 Å². The van der Waals surface area contributed by atoms with Crippen molar-refractivity contribution in [2.75, 3.05) is 19.8 Å². The lowest BCUT2D eigenvalue weighted by atomic mass is 10.1. The molecule has 0 spiro atoms.